The average Bonchev–Trinajstić information content (AvgIpc) is 3.04. The van der Waals surface area contributed by atoms with Crippen LogP contribution in [0.3, 0.4) is 0 Å². The summed E-state index contributed by atoms with van der Waals surface area (Å²) in [6.45, 7) is 3.07. The quantitative estimate of drug-likeness (QED) is 0.856. The lowest BCUT2D eigenvalue weighted by molar-refractivity contribution is 0.182. The van der Waals surface area contributed by atoms with Gasteiger partial charge in [0.2, 0.25) is 11.2 Å². The van der Waals surface area contributed by atoms with Crippen molar-refractivity contribution in [3.05, 3.63) is 46.3 Å². The van der Waals surface area contributed by atoms with Gasteiger partial charge in [0.1, 0.15) is 12.0 Å². The summed E-state index contributed by atoms with van der Waals surface area (Å²) in [5, 5.41) is 13.5. The maximum atomic E-state index is 11.8. The average molecular weight is 333 g/mol. The molecule has 0 aliphatic carbocycles. The van der Waals surface area contributed by atoms with Crippen molar-refractivity contribution in [2.45, 2.75) is 31.8 Å². The van der Waals surface area contributed by atoms with Crippen LogP contribution in [0.1, 0.15) is 30.2 Å². The molecule has 2 aromatic rings. The molecule has 2 aromatic heterocycles. The third kappa shape index (κ3) is 3.85. The molecule has 0 aromatic carbocycles. The molecule has 7 heteroatoms. The Morgan fingerprint density at radius 1 is 1.50 bits per heavy atom. The zero-order valence-electron chi connectivity index (χ0n) is 13.9. The standard InChI is InChI=1S/C17H23N3O4/c1-23-17-12-24-14(9-16(17)22)11-19-5-2-3-13(10-19)15-4-6-20(18-15)7-8-21/h4,6,9,12-13,21H,2-3,5,7-8,10-11H2,1H3. The molecule has 3 heterocycles. The molecule has 1 N–H and O–H groups in total. The highest BCUT2D eigenvalue weighted by molar-refractivity contribution is 5.17. The van der Waals surface area contributed by atoms with Crippen molar-refractivity contribution in [1.82, 2.24) is 14.7 Å². The number of piperidine rings is 1. The highest BCUT2D eigenvalue weighted by atomic mass is 16.5. The number of nitrogens with zero attached hydrogens (tertiary/aromatic N) is 3. The number of aliphatic hydroxyl groups is 1. The van der Waals surface area contributed by atoms with Gasteiger partial charge in [-0.1, -0.05) is 0 Å². The highest BCUT2D eigenvalue weighted by Gasteiger charge is 2.23. The molecule has 1 aliphatic heterocycles. The van der Waals surface area contributed by atoms with Crippen LogP contribution in [0.2, 0.25) is 0 Å². The van der Waals surface area contributed by atoms with Crippen LogP contribution in [0.25, 0.3) is 0 Å². The van der Waals surface area contributed by atoms with E-state index in [4.69, 9.17) is 14.3 Å². The minimum atomic E-state index is -0.157. The van der Waals surface area contributed by atoms with Crippen LogP contribution in [0.15, 0.2) is 33.8 Å². The van der Waals surface area contributed by atoms with Crippen LogP contribution in [-0.2, 0) is 13.1 Å². The summed E-state index contributed by atoms with van der Waals surface area (Å²) < 4.78 is 12.2. The number of hydrogen-bond donors (Lipinski definition) is 1. The van der Waals surface area contributed by atoms with E-state index in [1.54, 1.807) is 4.68 Å². The van der Waals surface area contributed by atoms with Crippen LogP contribution in [0.4, 0.5) is 0 Å². The Labute approximate surface area is 140 Å². The van der Waals surface area contributed by atoms with E-state index in [1.807, 2.05) is 12.3 Å². The molecule has 0 saturated carbocycles. The first-order chi connectivity index (χ1) is 11.7. The lowest BCUT2D eigenvalue weighted by Crippen LogP contribution is -2.34. The van der Waals surface area contributed by atoms with Gasteiger partial charge in [0.25, 0.3) is 0 Å². The van der Waals surface area contributed by atoms with E-state index in [1.165, 1.54) is 19.4 Å². The Morgan fingerprint density at radius 3 is 3.12 bits per heavy atom. The highest BCUT2D eigenvalue weighted by Crippen LogP contribution is 2.26. The minimum absolute atomic E-state index is 0.0917. The van der Waals surface area contributed by atoms with Gasteiger partial charge in [-0.2, -0.15) is 5.10 Å². The SMILES string of the molecule is COc1coc(CN2CCCC(c3ccn(CCO)n3)C2)cc1=O. The van der Waals surface area contributed by atoms with Crippen LogP contribution in [-0.4, -0.2) is 46.6 Å². The number of likely N-dealkylation sites (tertiary alicyclic amines) is 1. The molecule has 1 saturated heterocycles. The van der Waals surface area contributed by atoms with Gasteiger partial charge in [-0.3, -0.25) is 14.4 Å². The van der Waals surface area contributed by atoms with Crippen molar-refractivity contribution in [1.29, 1.82) is 0 Å². The summed E-state index contributed by atoms with van der Waals surface area (Å²) in [6, 6.07) is 3.52. The van der Waals surface area contributed by atoms with E-state index in [0.29, 0.717) is 24.8 Å². The largest absolute Gasteiger partial charge is 0.490 e. The van der Waals surface area contributed by atoms with E-state index < -0.39 is 0 Å². The smallest absolute Gasteiger partial charge is 0.227 e. The van der Waals surface area contributed by atoms with Gasteiger partial charge in [0.05, 0.1) is 32.5 Å². The zero-order chi connectivity index (χ0) is 16.9. The molecular formula is C17H23N3O4. The second-order valence-electron chi connectivity index (χ2n) is 6.08. The van der Waals surface area contributed by atoms with Crippen molar-refractivity contribution in [2.75, 3.05) is 26.8 Å². The zero-order valence-corrected chi connectivity index (χ0v) is 13.9. The fourth-order valence-corrected chi connectivity index (χ4v) is 3.15. The molecule has 1 atom stereocenters. The second kappa shape index (κ2) is 7.63. The molecule has 0 radical (unpaired) electrons. The fraction of sp³-hybridized carbons (Fsp3) is 0.529. The van der Waals surface area contributed by atoms with Gasteiger partial charge in [-0.05, 0) is 25.5 Å². The normalized spacial score (nSPS) is 18.7. The molecule has 1 fully saturated rings. The van der Waals surface area contributed by atoms with Crippen LogP contribution in [0, 0.1) is 0 Å². The van der Waals surface area contributed by atoms with Crippen molar-refractivity contribution in [2.24, 2.45) is 0 Å². The maximum absolute atomic E-state index is 11.8. The summed E-state index contributed by atoms with van der Waals surface area (Å²) in [7, 11) is 1.46. The van der Waals surface area contributed by atoms with Gasteiger partial charge < -0.3 is 14.3 Å². The Kier molecular flexibility index (Phi) is 5.32. The molecule has 1 aliphatic rings. The van der Waals surface area contributed by atoms with Crippen LogP contribution >= 0.6 is 0 Å². The first-order valence-corrected chi connectivity index (χ1v) is 8.22. The predicted molar refractivity (Wildman–Crippen MR) is 88.1 cm³/mol. The molecule has 0 amide bonds. The van der Waals surface area contributed by atoms with Crippen molar-refractivity contribution < 1.29 is 14.3 Å². The molecule has 3 rings (SSSR count). The summed E-state index contributed by atoms with van der Waals surface area (Å²) in [6.07, 6.45) is 5.46. The number of aliphatic hydroxyl groups excluding tert-OH is 1. The van der Waals surface area contributed by atoms with Gasteiger partial charge in [-0.25, -0.2) is 0 Å². The van der Waals surface area contributed by atoms with E-state index >= 15 is 0 Å². The van der Waals surface area contributed by atoms with Crippen molar-refractivity contribution in [3.8, 4) is 5.75 Å². The van der Waals surface area contributed by atoms with Gasteiger partial charge in [0, 0.05) is 24.7 Å². The third-order valence-corrected chi connectivity index (χ3v) is 4.37. The number of hydrogen-bond acceptors (Lipinski definition) is 6. The molecule has 1 unspecified atom stereocenters. The molecule has 24 heavy (non-hydrogen) atoms. The molecule has 0 bridgehead atoms. The van der Waals surface area contributed by atoms with E-state index in [-0.39, 0.29) is 17.8 Å². The molecule has 7 nitrogen and oxygen atoms in total. The Bertz CT molecular complexity index is 725. The molecular weight excluding hydrogens is 310 g/mol. The predicted octanol–water partition coefficient (Wildman–Crippen LogP) is 1.22. The minimum Gasteiger partial charge on any atom is -0.490 e. The summed E-state index contributed by atoms with van der Waals surface area (Å²) in [4.78, 5) is 14.1. The number of aromatic nitrogens is 2. The van der Waals surface area contributed by atoms with Gasteiger partial charge in [-0.15, -0.1) is 0 Å². The molecule has 130 valence electrons. The maximum Gasteiger partial charge on any atom is 0.227 e. The first kappa shape index (κ1) is 16.7. The third-order valence-electron chi connectivity index (χ3n) is 4.37. The summed E-state index contributed by atoms with van der Waals surface area (Å²) >= 11 is 0. The first-order valence-electron chi connectivity index (χ1n) is 8.22. The van der Waals surface area contributed by atoms with Crippen molar-refractivity contribution >= 4 is 0 Å². The molecule has 0 spiro atoms. The van der Waals surface area contributed by atoms with Crippen molar-refractivity contribution in [3.63, 3.8) is 0 Å². The lowest BCUT2D eigenvalue weighted by atomic mass is 9.95. The van der Waals surface area contributed by atoms with Gasteiger partial charge >= 0.3 is 0 Å². The number of ether oxygens (including phenoxy) is 1. The monoisotopic (exact) mass is 333 g/mol. The Balaban J connectivity index is 1.64. The fourth-order valence-electron chi connectivity index (χ4n) is 3.15. The van der Waals surface area contributed by atoms with E-state index in [0.717, 1.165) is 31.6 Å². The van der Waals surface area contributed by atoms with Gasteiger partial charge in [0.15, 0.2) is 0 Å². The van der Waals surface area contributed by atoms with E-state index in [9.17, 15) is 4.79 Å². The van der Waals surface area contributed by atoms with E-state index in [2.05, 4.69) is 10.00 Å². The Hall–Kier alpha value is -2.12. The number of methoxy groups -OCH3 is 1. The number of rotatable bonds is 6. The summed E-state index contributed by atoms with van der Waals surface area (Å²) in [5.74, 6) is 1.24. The second-order valence-corrected chi connectivity index (χ2v) is 6.08. The topological polar surface area (TPSA) is 80.7 Å². The van der Waals surface area contributed by atoms with Crippen LogP contribution in [0.5, 0.6) is 5.75 Å². The summed E-state index contributed by atoms with van der Waals surface area (Å²) in [5.41, 5.74) is 0.902. The Morgan fingerprint density at radius 2 is 2.38 bits per heavy atom. The lowest BCUT2D eigenvalue weighted by Gasteiger charge is -2.31. The van der Waals surface area contributed by atoms with Crippen LogP contribution < -0.4 is 10.2 Å².